The zero-order valence-electron chi connectivity index (χ0n) is 12.5. The minimum atomic E-state index is 0.0405. The zero-order valence-corrected chi connectivity index (χ0v) is 14.1. The summed E-state index contributed by atoms with van der Waals surface area (Å²) in [5, 5.41) is 1.20. The SMILES string of the molecule is CC(C)C(SCc1ccccc1Cl)C(N)c1ccccc1. The summed E-state index contributed by atoms with van der Waals surface area (Å²) < 4.78 is 0. The standard InChI is InChI=1S/C18H22ClNS/c1-13(2)18(17(20)14-8-4-3-5-9-14)21-12-15-10-6-7-11-16(15)19/h3-11,13,17-18H,12,20H2,1-2H3. The van der Waals surface area contributed by atoms with Gasteiger partial charge in [-0.3, -0.25) is 0 Å². The van der Waals surface area contributed by atoms with E-state index in [0.29, 0.717) is 11.2 Å². The van der Waals surface area contributed by atoms with Gasteiger partial charge in [0.05, 0.1) is 0 Å². The number of rotatable bonds is 6. The third-order valence-electron chi connectivity index (χ3n) is 3.58. The van der Waals surface area contributed by atoms with Gasteiger partial charge < -0.3 is 5.73 Å². The van der Waals surface area contributed by atoms with Gasteiger partial charge in [0.25, 0.3) is 0 Å². The summed E-state index contributed by atoms with van der Waals surface area (Å²) in [7, 11) is 0. The summed E-state index contributed by atoms with van der Waals surface area (Å²) in [6.07, 6.45) is 0. The molecular formula is C18H22ClNS. The molecule has 112 valence electrons. The van der Waals surface area contributed by atoms with Crippen LogP contribution < -0.4 is 5.73 Å². The summed E-state index contributed by atoms with van der Waals surface area (Å²) in [4.78, 5) is 0. The number of hydrogen-bond donors (Lipinski definition) is 1. The van der Waals surface area contributed by atoms with Gasteiger partial charge in [0.15, 0.2) is 0 Å². The minimum absolute atomic E-state index is 0.0405. The van der Waals surface area contributed by atoms with Gasteiger partial charge in [0.1, 0.15) is 0 Å². The third kappa shape index (κ3) is 4.50. The molecule has 21 heavy (non-hydrogen) atoms. The molecule has 2 atom stereocenters. The fourth-order valence-corrected chi connectivity index (χ4v) is 4.03. The Morgan fingerprint density at radius 2 is 1.62 bits per heavy atom. The lowest BCUT2D eigenvalue weighted by atomic mass is 9.97. The first-order valence-electron chi connectivity index (χ1n) is 7.25. The lowest BCUT2D eigenvalue weighted by Crippen LogP contribution is -2.28. The average Bonchev–Trinajstić information content (AvgIpc) is 2.49. The molecule has 1 nitrogen and oxygen atoms in total. The first-order chi connectivity index (χ1) is 10.1. The second-order valence-corrected chi connectivity index (χ2v) is 7.12. The lowest BCUT2D eigenvalue weighted by Gasteiger charge is -2.27. The number of halogens is 1. The van der Waals surface area contributed by atoms with Crippen LogP contribution >= 0.6 is 23.4 Å². The number of nitrogens with two attached hydrogens (primary N) is 1. The Labute approximate surface area is 136 Å². The van der Waals surface area contributed by atoms with Crippen LogP contribution in [-0.2, 0) is 5.75 Å². The molecule has 0 saturated carbocycles. The maximum atomic E-state index is 6.49. The van der Waals surface area contributed by atoms with E-state index in [9.17, 15) is 0 Å². The van der Waals surface area contributed by atoms with Crippen LogP contribution in [0.15, 0.2) is 54.6 Å². The molecule has 0 spiro atoms. The van der Waals surface area contributed by atoms with Gasteiger partial charge in [-0.2, -0.15) is 11.8 Å². The highest BCUT2D eigenvalue weighted by Gasteiger charge is 2.23. The van der Waals surface area contributed by atoms with Crippen molar-refractivity contribution in [1.82, 2.24) is 0 Å². The molecule has 2 aromatic rings. The van der Waals surface area contributed by atoms with Crippen molar-refractivity contribution in [2.24, 2.45) is 11.7 Å². The molecule has 2 aromatic carbocycles. The average molecular weight is 320 g/mol. The first-order valence-corrected chi connectivity index (χ1v) is 8.68. The second kappa shape index (κ2) is 7.88. The highest BCUT2D eigenvalue weighted by Crippen LogP contribution is 2.33. The van der Waals surface area contributed by atoms with Crippen LogP contribution in [0.4, 0.5) is 0 Å². The van der Waals surface area contributed by atoms with Gasteiger partial charge in [-0.15, -0.1) is 0 Å². The Morgan fingerprint density at radius 3 is 2.24 bits per heavy atom. The van der Waals surface area contributed by atoms with Crippen molar-refractivity contribution in [2.45, 2.75) is 30.9 Å². The van der Waals surface area contributed by atoms with Gasteiger partial charge in [0.2, 0.25) is 0 Å². The molecule has 0 fully saturated rings. The van der Waals surface area contributed by atoms with Gasteiger partial charge in [-0.25, -0.2) is 0 Å². The minimum Gasteiger partial charge on any atom is -0.323 e. The van der Waals surface area contributed by atoms with E-state index in [-0.39, 0.29) is 6.04 Å². The van der Waals surface area contributed by atoms with Crippen LogP contribution in [-0.4, -0.2) is 5.25 Å². The molecule has 3 heteroatoms. The molecule has 2 N–H and O–H groups in total. The molecule has 0 aliphatic heterocycles. The van der Waals surface area contributed by atoms with Crippen molar-refractivity contribution in [3.8, 4) is 0 Å². The van der Waals surface area contributed by atoms with E-state index in [1.165, 1.54) is 11.1 Å². The lowest BCUT2D eigenvalue weighted by molar-refractivity contribution is 0.527. The molecule has 0 radical (unpaired) electrons. The molecule has 0 amide bonds. The normalized spacial score (nSPS) is 14.1. The van der Waals surface area contributed by atoms with E-state index in [1.54, 1.807) is 0 Å². The smallest absolute Gasteiger partial charge is 0.0446 e. The maximum absolute atomic E-state index is 6.49. The highest BCUT2D eigenvalue weighted by molar-refractivity contribution is 7.99. The van der Waals surface area contributed by atoms with Crippen molar-refractivity contribution in [3.05, 3.63) is 70.7 Å². The highest BCUT2D eigenvalue weighted by atomic mass is 35.5. The molecule has 0 aliphatic carbocycles. The summed E-state index contributed by atoms with van der Waals surface area (Å²) in [5.41, 5.74) is 8.86. The predicted molar refractivity (Wildman–Crippen MR) is 94.7 cm³/mol. The van der Waals surface area contributed by atoms with Crippen LogP contribution in [0.3, 0.4) is 0 Å². The predicted octanol–water partition coefficient (Wildman–Crippen LogP) is 5.30. The topological polar surface area (TPSA) is 26.0 Å². The number of thioether (sulfide) groups is 1. The van der Waals surface area contributed by atoms with E-state index < -0.39 is 0 Å². The zero-order chi connectivity index (χ0) is 15.2. The molecule has 0 bridgehead atoms. The van der Waals surface area contributed by atoms with Crippen LogP contribution in [0.5, 0.6) is 0 Å². The van der Waals surface area contributed by atoms with Gasteiger partial charge >= 0.3 is 0 Å². The van der Waals surface area contributed by atoms with E-state index in [4.69, 9.17) is 17.3 Å². The monoisotopic (exact) mass is 319 g/mol. The summed E-state index contributed by atoms with van der Waals surface area (Å²) in [5.74, 6) is 1.40. The van der Waals surface area contributed by atoms with Crippen molar-refractivity contribution in [2.75, 3.05) is 0 Å². The molecule has 0 aliphatic rings. The van der Waals surface area contributed by atoms with Gasteiger partial charge in [0, 0.05) is 22.1 Å². The van der Waals surface area contributed by atoms with Crippen LogP contribution in [0.2, 0.25) is 5.02 Å². The van der Waals surface area contributed by atoms with Gasteiger partial charge in [-0.1, -0.05) is 74.0 Å². The van der Waals surface area contributed by atoms with E-state index in [1.807, 2.05) is 48.2 Å². The molecule has 0 heterocycles. The Bertz CT molecular complexity index is 556. The number of benzene rings is 2. The van der Waals surface area contributed by atoms with E-state index in [2.05, 4.69) is 32.0 Å². The quantitative estimate of drug-likeness (QED) is 0.782. The molecule has 0 aromatic heterocycles. The Kier molecular flexibility index (Phi) is 6.16. The first kappa shape index (κ1) is 16.4. The number of hydrogen-bond acceptors (Lipinski definition) is 2. The van der Waals surface area contributed by atoms with Crippen LogP contribution in [0.25, 0.3) is 0 Å². The van der Waals surface area contributed by atoms with E-state index >= 15 is 0 Å². The Balaban J connectivity index is 2.08. The van der Waals surface area contributed by atoms with Crippen LogP contribution in [0, 0.1) is 5.92 Å². The second-order valence-electron chi connectivity index (χ2n) is 5.55. The van der Waals surface area contributed by atoms with Crippen molar-refractivity contribution >= 4 is 23.4 Å². The maximum Gasteiger partial charge on any atom is 0.0446 e. The van der Waals surface area contributed by atoms with E-state index in [0.717, 1.165) is 10.8 Å². The summed E-state index contributed by atoms with van der Waals surface area (Å²) >= 11 is 8.13. The van der Waals surface area contributed by atoms with Crippen molar-refractivity contribution in [3.63, 3.8) is 0 Å². The van der Waals surface area contributed by atoms with Crippen LogP contribution in [0.1, 0.15) is 31.0 Å². The fourth-order valence-electron chi connectivity index (χ4n) is 2.38. The molecule has 2 rings (SSSR count). The third-order valence-corrected chi connectivity index (χ3v) is 5.65. The largest absolute Gasteiger partial charge is 0.323 e. The Hall–Kier alpha value is -0.960. The summed E-state index contributed by atoms with van der Waals surface area (Å²) in [6, 6.07) is 18.4. The molecule has 2 unspecified atom stereocenters. The molecule has 0 saturated heterocycles. The van der Waals surface area contributed by atoms with Crippen molar-refractivity contribution < 1.29 is 0 Å². The van der Waals surface area contributed by atoms with Crippen molar-refractivity contribution in [1.29, 1.82) is 0 Å². The van der Waals surface area contributed by atoms with Gasteiger partial charge in [-0.05, 0) is 23.1 Å². The summed E-state index contributed by atoms with van der Waals surface area (Å²) in [6.45, 7) is 4.46. The Morgan fingerprint density at radius 1 is 1.00 bits per heavy atom. The fraction of sp³-hybridized carbons (Fsp3) is 0.333. The molecular weight excluding hydrogens is 298 g/mol.